The fourth-order valence-electron chi connectivity index (χ4n) is 4.09. The zero-order chi connectivity index (χ0) is 24.2. The highest BCUT2D eigenvalue weighted by Crippen LogP contribution is 2.44. The molecule has 0 saturated carbocycles. The van der Waals surface area contributed by atoms with Crippen molar-refractivity contribution < 1.29 is 24.2 Å². The van der Waals surface area contributed by atoms with E-state index in [4.69, 9.17) is 21.4 Å². The fraction of sp³-hybridized carbons (Fsp3) is 0.192. The quantitative estimate of drug-likeness (QED) is 0.427. The lowest BCUT2D eigenvalue weighted by atomic mass is 9.98. The van der Waals surface area contributed by atoms with Crippen LogP contribution in [-0.4, -0.2) is 35.7 Å². The van der Waals surface area contributed by atoms with Crippen LogP contribution >= 0.6 is 11.6 Å². The second kappa shape index (κ2) is 9.97. The highest BCUT2D eigenvalue weighted by Gasteiger charge is 2.29. The van der Waals surface area contributed by atoms with Crippen LogP contribution in [0.25, 0.3) is 11.1 Å². The average Bonchev–Trinajstić information content (AvgIpc) is 3.16. The molecule has 0 aliphatic heterocycles. The first kappa shape index (κ1) is 23.3. The van der Waals surface area contributed by atoms with Crippen LogP contribution in [0.1, 0.15) is 40.7 Å². The molecule has 0 fully saturated rings. The number of amides is 2. The van der Waals surface area contributed by atoms with Crippen LogP contribution in [-0.2, 0) is 9.53 Å². The first-order valence-electron chi connectivity index (χ1n) is 10.8. The summed E-state index contributed by atoms with van der Waals surface area (Å²) in [4.78, 5) is 36.2. The van der Waals surface area contributed by atoms with Crippen molar-refractivity contribution in [2.24, 2.45) is 0 Å². The molecule has 7 nitrogen and oxygen atoms in total. The van der Waals surface area contributed by atoms with Gasteiger partial charge in [0.1, 0.15) is 12.6 Å². The van der Waals surface area contributed by atoms with Gasteiger partial charge in [-0.1, -0.05) is 67.1 Å². The third kappa shape index (κ3) is 4.75. The fourth-order valence-corrected chi connectivity index (χ4v) is 4.25. The van der Waals surface area contributed by atoms with Crippen LogP contribution < -0.4 is 10.6 Å². The summed E-state index contributed by atoms with van der Waals surface area (Å²) < 4.78 is 5.53. The highest BCUT2D eigenvalue weighted by atomic mass is 35.5. The van der Waals surface area contributed by atoms with Crippen LogP contribution in [0.15, 0.2) is 66.7 Å². The Morgan fingerprint density at radius 1 is 1.00 bits per heavy atom. The maximum absolute atomic E-state index is 12.6. The number of carbonyl (C=O) groups excluding carboxylic acids is 2. The predicted octanol–water partition coefficient (Wildman–Crippen LogP) is 5.29. The average molecular weight is 479 g/mol. The molecule has 1 unspecified atom stereocenters. The molecule has 4 rings (SSSR count). The second-order valence-corrected chi connectivity index (χ2v) is 8.32. The van der Waals surface area contributed by atoms with E-state index in [0.717, 1.165) is 22.3 Å². The SMILES string of the molecule is CCC(NC(=O)c1ccc(Cl)c(NC(=O)OCC2c3ccccc3-c3ccccc32)c1)C(=O)O. The molecule has 2 amide bonds. The second-order valence-electron chi connectivity index (χ2n) is 7.92. The summed E-state index contributed by atoms with van der Waals surface area (Å²) in [5.41, 5.74) is 4.79. The summed E-state index contributed by atoms with van der Waals surface area (Å²) >= 11 is 6.19. The van der Waals surface area contributed by atoms with E-state index in [-0.39, 0.29) is 35.2 Å². The standard InChI is InChI=1S/C26H23ClN2O5/c1-2-22(25(31)32)28-24(30)15-11-12-21(27)23(13-15)29-26(33)34-14-20-18-9-5-3-7-16(18)17-8-4-6-10-19(17)20/h3-13,20,22H,2,14H2,1H3,(H,28,30)(H,29,33)(H,31,32). The molecule has 0 radical (unpaired) electrons. The first-order valence-corrected chi connectivity index (χ1v) is 11.2. The molecule has 34 heavy (non-hydrogen) atoms. The van der Waals surface area contributed by atoms with Gasteiger partial charge in [0.2, 0.25) is 0 Å². The van der Waals surface area contributed by atoms with E-state index in [2.05, 4.69) is 22.8 Å². The lowest BCUT2D eigenvalue weighted by Crippen LogP contribution is -2.40. The Morgan fingerprint density at radius 2 is 1.62 bits per heavy atom. The third-order valence-corrected chi connectivity index (χ3v) is 6.15. The Hall–Kier alpha value is -3.84. The molecule has 3 N–H and O–H groups in total. The topological polar surface area (TPSA) is 105 Å². The Labute approximate surface area is 201 Å². The van der Waals surface area contributed by atoms with Crippen molar-refractivity contribution in [2.45, 2.75) is 25.3 Å². The van der Waals surface area contributed by atoms with E-state index >= 15 is 0 Å². The number of aliphatic carboxylic acids is 1. The number of rotatable bonds is 7. The van der Waals surface area contributed by atoms with E-state index in [9.17, 15) is 14.4 Å². The maximum Gasteiger partial charge on any atom is 0.411 e. The molecule has 0 spiro atoms. The number of anilines is 1. The minimum atomic E-state index is -1.12. The van der Waals surface area contributed by atoms with Crippen molar-refractivity contribution in [1.82, 2.24) is 5.32 Å². The highest BCUT2D eigenvalue weighted by molar-refractivity contribution is 6.33. The number of carboxylic acid groups (broad SMARTS) is 1. The number of benzene rings is 3. The van der Waals surface area contributed by atoms with Gasteiger partial charge < -0.3 is 15.2 Å². The lowest BCUT2D eigenvalue weighted by Gasteiger charge is -2.16. The Bertz CT molecular complexity index is 1210. The first-order chi connectivity index (χ1) is 16.4. The largest absolute Gasteiger partial charge is 0.480 e. The predicted molar refractivity (Wildman–Crippen MR) is 129 cm³/mol. The summed E-state index contributed by atoms with van der Waals surface area (Å²) in [6.45, 7) is 1.79. The molecule has 0 aromatic heterocycles. The van der Waals surface area contributed by atoms with E-state index in [1.54, 1.807) is 6.92 Å². The zero-order valence-electron chi connectivity index (χ0n) is 18.4. The van der Waals surface area contributed by atoms with Crippen molar-refractivity contribution in [2.75, 3.05) is 11.9 Å². The number of fused-ring (bicyclic) bond motifs is 3. The number of carbonyl (C=O) groups is 3. The Balaban J connectivity index is 1.44. The Kier molecular flexibility index (Phi) is 6.84. The van der Waals surface area contributed by atoms with Gasteiger partial charge >= 0.3 is 12.1 Å². The van der Waals surface area contributed by atoms with Gasteiger partial charge in [-0.3, -0.25) is 10.1 Å². The van der Waals surface area contributed by atoms with E-state index in [1.165, 1.54) is 18.2 Å². The molecule has 3 aromatic rings. The van der Waals surface area contributed by atoms with Gasteiger partial charge in [0.15, 0.2) is 0 Å². The molecular weight excluding hydrogens is 456 g/mol. The molecule has 0 heterocycles. The maximum atomic E-state index is 12.6. The van der Waals surface area contributed by atoms with Crippen molar-refractivity contribution in [3.05, 3.63) is 88.4 Å². The molecule has 0 saturated heterocycles. The summed E-state index contributed by atoms with van der Waals surface area (Å²) in [6, 6.07) is 19.3. The van der Waals surface area contributed by atoms with Crippen molar-refractivity contribution in [3.8, 4) is 11.1 Å². The molecule has 1 aliphatic rings. The lowest BCUT2D eigenvalue weighted by molar-refractivity contribution is -0.139. The monoisotopic (exact) mass is 478 g/mol. The van der Waals surface area contributed by atoms with E-state index in [1.807, 2.05) is 36.4 Å². The van der Waals surface area contributed by atoms with Crippen molar-refractivity contribution >= 4 is 35.3 Å². The molecule has 174 valence electrons. The van der Waals surface area contributed by atoms with Gasteiger partial charge in [0.05, 0.1) is 10.7 Å². The smallest absolute Gasteiger partial charge is 0.411 e. The molecule has 0 bridgehead atoms. The van der Waals surface area contributed by atoms with Crippen molar-refractivity contribution in [1.29, 1.82) is 0 Å². The minimum Gasteiger partial charge on any atom is -0.480 e. The molecule has 1 atom stereocenters. The molecule has 1 aliphatic carbocycles. The summed E-state index contributed by atoms with van der Waals surface area (Å²) in [5.74, 6) is -1.80. The van der Waals surface area contributed by atoms with E-state index < -0.39 is 24.0 Å². The van der Waals surface area contributed by atoms with Crippen LogP contribution in [0.4, 0.5) is 10.5 Å². The van der Waals surface area contributed by atoms with Crippen molar-refractivity contribution in [3.63, 3.8) is 0 Å². The van der Waals surface area contributed by atoms with Crippen LogP contribution in [0.3, 0.4) is 0 Å². The van der Waals surface area contributed by atoms with Gasteiger partial charge in [-0.05, 0) is 46.9 Å². The summed E-state index contributed by atoms with van der Waals surface area (Å²) in [6.07, 6.45) is -0.474. The van der Waals surface area contributed by atoms with Crippen LogP contribution in [0.2, 0.25) is 5.02 Å². The normalized spacial score (nSPS) is 12.9. The number of hydrogen-bond donors (Lipinski definition) is 3. The molecule has 8 heteroatoms. The summed E-state index contributed by atoms with van der Waals surface area (Å²) in [5, 5.41) is 14.4. The number of carboxylic acids is 1. The molecule has 3 aromatic carbocycles. The van der Waals surface area contributed by atoms with Gasteiger partial charge in [-0.15, -0.1) is 0 Å². The van der Waals surface area contributed by atoms with Gasteiger partial charge in [0.25, 0.3) is 5.91 Å². The number of ether oxygens (including phenoxy) is 1. The minimum absolute atomic E-state index is 0.0901. The van der Waals surface area contributed by atoms with E-state index in [0.29, 0.717) is 0 Å². The van der Waals surface area contributed by atoms with Gasteiger partial charge in [0, 0.05) is 11.5 Å². The van der Waals surface area contributed by atoms with Crippen LogP contribution in [0, 0.1) is 0 Å². The zero-order valence-corrected chi connectivity index (χ0v) is 19.1. The van der Waals surface area contributed by atoms with Gasteiger partial charge in [-0.25, -0.2) is 9.59 Å². The summed E-state index contributed by atoms with van der Waals surface area (Å²) in [7, 11) is 0. The third-order valence-electron chi connectivity index (χ3n) is 5.82. The van der Waals surface area contributed by atoms with Gasteiger partial charge in [-0.2, -0.15) is 0 Å². The number of hydrogen-bond acceptors (Lipinski definition) is 4. The number of halogens is 1. The van der Waals surface area contributed by atoms with Crippen LogP contribution in [0.5, 0.6) is 0 Å². The number of nitrogens with one attached hydrogen (secondary N) is 2. The Morgan fingerprint density at radius 3 is 2.21 bits per heavy atom. The molecular formula is C26H23ClN2O5.